The molecular formula is C14H24N4OS. The van der Waals surface area contributed by atoms with Gasteiger partial charge in [0.2, 0.25) is 5.91 Å². The van der Waals surface area contributed by atoms with Crippen molar-refractivity contribution in [3.63, 3.8) is 0 Å². The Labute approximate surface area is 125 Å². The first-order valence-corrected chi connectivity index (χ1v) is 7.98. The molecule has 1 unspecified atom stereocenters. The summed E-state index contributed by atoms with van der Waals surface area (Å²) in [5, 5.41) is 3.35. The van der Waals surface area contributed by atoms with Crippen molar-refractivity contribution < 1.29 is 4.79 Å². The fourth-order valence-corrected chi connectivity index (χ4v) is 3.02. The molecule has 1 atom stereocenters. The Bertz CT molecular complexity index is 466. The van der Waals surface area contributed by atoms with Crippen LogP contribution in [0.5, 0.6) is 0 Å². The van der Waals surface area contributed by atoms with Crippen LogP contribution in [0.4, 0.5) is 0 Å². The van der Waals surface area contributed by atoms with E-state index in [0.717, 1.165) is 25.5 Å². The van der Waals surface area contributed by atoms with Gasteiger partial charge in [-0.05, 0) is 0 Å². The summed E-state index contributed by atoms with van der Waals surface area (Å²) in [6, 6.07) is 0.0387. The zero-order valence-electron chi connectivity index (χ0n) is 12.7. The topological polar surface area (TPSA) is 50.2 Å². The lowest BCUT2D eigenvalue weighted by molar-refractivity contribution is -0.131. The van der Waals surface area contributed by atoms with Crippen LogP contribution in [0.3, 0.4) is 0 Å². The summed E-state index contributed by atoms with van der Waals surface area (Å²) in [5.41, 5.74) is 0. The van der Waals surface area contributed by atoms with Gasteiger partial charge in [0.15, 0.2) is 0 Å². The van der Waals surface area contributed by atoms with Crippen LogP contribution in [0, 0.1) is 0 Å². The fraction of sp³-hybridized carbons (Fsp3) is 0.714. The van der Waals surface area contributed by atoms with E-state index in [0.29, 0.717) is 5.75 Å². The number of carbonyl (C=O) groups is 1. The molecule has 0 saturated carbocycles. The van der Waals surface area contributed by atoms with Crippen LogP contribution in [0.2, 0.25) is 0 Å². The molecule has 20 heavy (non-hydrogen) atoms. The van der Waals surface area contributed by atoms with Crippen LogP contribution in [0.25, 0.3) is 0 Å². The summed E-state index contributed by atoms with van der Waals surface area (Å²) in [6.45, 7) is 8.79. The minimum absolute atomic E-state index is 0.0387. The first kappa shape index (κ1) is 15.4. The van der Waals surface area contributed by atoms with Crippen molar-refractivity contribution in [2.45, 2.75) is 31.6 Å². The number of nitrogens with zero attached hydrogens (tertiary/aromatic N) is 3. The Morgan fingerprint density at radius 1 is 1.55 bits per heavy atom. The molecule has 0 radical (unpaired) electrons. The normalized spacial score (nSPS) is 20.2. The second kappa shape index (κ2) is 6.18. The smallest absolute Gasteiger partial charge is 0.233 e. The number of hydrogen-bond acceptors (Lipinski definition) is 4. The van der Waals surface area contributed by atoms with Crippen LogP contribution < -0.4 is 5.32 Å². The van der Waals surface area contributed by atoms with Gasteiger partial charge < -0.3 is 14.8 Å². The van der Waals surface area contributed by atoms with Crippen molar-refractivity contribution in [2.75, 3.05) is 25.4 Å². The van der Waals surface area contributed by atoms with Crippen LogP contribution in [0.1, 0.15) is 32.6 Å². The third-order valence-corrected chi connectivity index (χ3v) is 4.61. The van der Waals surface area contributed by atoms with Gasteiger partial charge in [-0.2, -0.15) is 0 Å². The first-order chi connectivity index (χ1) is 9.38. The van der Waals surface area contributed by atoms with E-state index in [9.17, 15) is 4.79 Å². The third kappa shape index (κ3) is 3.76. The van der Waals surface area contributed by atoms with Gasteiger partial charge in [-0.3, -0.25) is 4.79 Å². The molecule has 1 N–H and O–H groups in total. The molecule has 1 saturated heterocycles. The van der Waals surface area contributed by atoms with E-state index < -0.39 is 0 Å². The zero-order chi connectivity index (χ0) is 14.8. The van der Waals surface area contributed by atoms with Gasteiger partial charge in [-0.15, -0.1) is 11.8 Å². The number of piperazine rings is 1. The van der Waals surface area contributed by atoms with E-state index in [1.807, 2.05) is 22.7 Å². The lowest BCUT2D eigenvalue weighted by atomic mass is 10.1. The van der Waals surface area contributed by atoms with E-state index in [-0.39, 0.29) is 16.7 Å². The molecule has 112 valence electrons. The molecule has 2 rings (SSSR count). The number of hydrogen-bond donors (Lipinski definition) is 1. The highest BCUT2D eigenvalue weighted by Gasteiger charge is 2.30. The minimum Gasteiger partial charge on any atom is -0.336 e. The monoisotopic (exact) mass is 296 g/mol. The number of nitrogens with one attached hydrogen (secondary N) is 1. The largest absolute Gasteiger partial charge is 0.336 e. The minimum atomic E-state index is 0.0387. The third-order valence-electron chi connectivity index (χ3n) is 3.35. The average molecular weight is 296 g/mol. The summed E-state index contributed by atoms with van der Waals surface area (Å²) >= 11 is 1.70. The molecule has 5 nitrogen and oxygen atoms in total. The highest BCUT2D eigenvalue weighted by Crippen LogP contribution is 2.26. The standard InChI is InChI=1S/C14H24N4OS/c1-14(2,3)20-10-12(19)18-8-5-15-9-11(18)13-16-6-7-17(13)4/h6-7,11,15H,5,8-10H2,1-4H3. The van der Waals surface area contributed by atoms with E-state index in [4.69, 9.17) is 0 Å². The molecule has 2 heterocycles. The molecule has 1 aromatic heterocycles. The molecule has 1 aliphatic rings. The molecule has 1 fully saturated rings. The van der Waals surface area contributed by atoms with Crippen molar-refractivity contribution in [2.24, 2.45) is 7.05 Å². The summed E-state index contributed by atoms with van der Waals surface area (Å²) < 4.78 is 2.11. The van der Waals surface area contributed by atoms with Gasteiger partial charge in [-0.25, -0.2) is 4.98 Å². The maximum Gasteiger partial charge on any atom is 0.233 e. The van der Waals surface area contributed by atoms with Gasteiger partial charge in [0, 0.05) is 43.8 Å². The van der Waals surface area contributed by atoms with Gasteiger partial charge in [0.05, 0.1) is 5.75 Å². The number of rotatable bonds is 3. The predicted molar refractivity (Wildman–Crippen MR) is 82.7 cm³/mol. The molecule has 1 aliphatic heterocycles. The SMILES string of the molecule is Cn1ccnc1C1CNCCN1C(=O)CSC(C)(C)C. The van der Waals surface area contributed by atoms with Crippen molar-refractivity contribution in [1.29, 1.82) is 0 Å². The number of thioether (sulfide) groups is 1. The van der Waals surface area contributed by atoms with Crippen LogP contribution >= 0.6 is 11.8 Å². The highest BCUT2D eigenvalue weighted by atomic mass is 32.2. The molecule has 0 aliphatic carbocycles. The molecule has 1 aromatic rings. The van der Waals surface area contributed by atoms with Crippen molar-refractivity contribution in [3.8, 4) is 0 Å². The van der Waals surface area contributed by atoms with Crippen molar-refractivity contribution in [1.82, 2.24) is 19.8 Å². The molecule has 6 heteroatoms. The Morgan fingerprint density at radius 3 is 2.90 bits per heavy atom. The quantitative estimate of drug-likeness (QED) is 0.916. The highest BCUT2D eigenvalue weighted by molar-refractivity contribution is 8.01. The van der Waals surface area contributed by atoms with E-state index in [1.165, 1.54) is 0 Å². The number of amides is 1. The molecule has 0 spiro atoms. The maximum atomic E-state index is 12.5. The molecule has 1 amide bonds. The number of aryl methyl sites for hydroxylation is 1. The average Bonchev–Trinajstić information content (AvgIpc) is 2.81. The van der Waals surface area contributed by atoms with Crippen LogP contribution in [-0.2, 0) is 11.8 Å². The lowest BCUT2D eigenvalue weighted by Gasteiger charge is -2.36. The summed E-state index contributed by atoms with van der Waals surface area (Å²) in [5.74, 6) is 1.69. The van der Waals surface area contributed by atoms with Gasteiger partial charge in [0.1, 0.15) is 11.9 Å². The Balaban J connectivity index is 2.07. The number of aromatic nitrogens is 2. The molecular weight excluding hydrogens is 272 g/mol. The maximum absolute atomic E-state index is 12.5. The lowest BCUT2D eigenvalue weighted by Crippen LogP contribution is -2.50. The molecule has 0 bridgehead atoms. The van der Waals surface area contributed by atoms with Crippen LogP contribution in [-0.4, -0.2) is 50.5 Å². The first-order valence-electron chi connectivity index (χ1n) is 7.00. The number of carbonyl (C=O) groups excluding carboxylic acids is 1. The number of imidazole rings is 1. The van der Waals surface area contributed by atoms with Crippen molar-refractivity contribution >= 4 is 17.7 Å². The summed E-state index contributed by atoms with van der Waals surface area (Å²) in [6.07, 6.45) is 3.72. The Kier molecular flexibility index (Phi) is 4.75. The van der Waals surface area contributed by atoms with Gasteiger partial charge in [-0.1, -0.05) is 20.8 Å². The second-order valence-electron chi connectivity index (χ2n) is 6.10. The van der Waals surface area contributed by atoms with E-state index in [2.05, 4.69) is 31.1 Å². The van der Waals surface area contributed by atoms with E-state index in [1.54, 1.807) is 18.0 Å². The van der Waals surface area contributed by atoms with Crippen molar-refractivity contribution in [3.05, 3.63) is 18.2 Å². The van der Waals surface area contributed by atoms with E-state index >= 15 is 0 Å². The van der Waals surface area contributed by atoms with Gasteiger partial charge >= 0.3 is 0 Å². The second-order valence-corrected chi connectivity index (χ2v) is 7.91. The fourth-order valence-electron chi connectivity index (χ4n) is 2.29. The summed E-state index contributed by atoms with van der Waals surface area (Å²) in [4.78, 5) is 18.9. The molecule has 0 aromatic carbocycles. The predicted octanol–water partition coefficient (Wildman–Crippen LogP) is 1.42. The van der Waals surface area contributed by atoms with Crippen LogP contribution in [0.15, 0.2) is 12.4 Å². The zero-order valence-corrected chi connectivity index (χ0v) is 13.5. The van der Waals surface area contributed by atoms with Gasteiger partial charge in [0.25, 0.3) is 0 Å². The summed E-state index contributed by atoms with van der Waals surface area (Å²) in [7, 11) is 1.98. The Morgan fingerprint density at radius 2 is 2.30 bits per heavy atom. The Hall–Kier alpha value is -1.01.